The van der Waals surface area contributed by atoms with E-state index in [-0.39, 0.29) is 23.2 Å². The third-order valence-electron chi connectivity index (χ3n) is 1.91. The van der Waals surface area contributed by atoms with Gasteiger partial charge in [0.05, 0.1) is 23.1 Å². The van der Waals surface area contributed by atoms with Crippen molar-refractivity contribution in [3.8, 4) is 17.5 Å². The van der Waals surface area contributed by atoms with Crippen LogP contribution < -0.4 is 0 Å². The lowest BCUT2D eigenvalue weighted by molar-refractivity contribution is 0.422. The van der Waals surface area contributed by atoms with Crippen LogP contribution in [-0.2, 0) is 5.88 Å². The molecule has 0 saturated heterocycles. The van der Waals surface area contributed by atoms with Crippen molar-refractivity contribution >= 4 is 11.6 Å². The first-order chi connectivity index (χ1) is 7.74. The highest BCUT2D eigenvalue weighted by Crippen LogP contribution is 2.22. The number of hydrogen-bond acceptors (Lipinski definition) is 4. The summed E-state index contributed by atoms with van der Waals surface area (Å²) in [4.78, 5) is 3.88. The summed E-state index contributed by atoms with van der Waals surface area (Å²) in [7, 11) is 0. The van der Waals surface area contributed by atoms with E-state index >= 15 is 0 Å². The fourth-order valence-corrected chi connectivity index (χ4v) is 1.28. The van der Waals surface area contributed by atoms with Crippen LogP contribution in [0.5, 0.6) is 0 Å². The monoisotopic (exact) mass is 237 g/mol. The molecule has 0 unspecified atom stereocenters. The standard InChI is InChI=1S/C10H5ClFN3O/c11-4-9-14-10(16-15-9)7-3-6(5-13)1-2-8(7)12/h1-3H,4H2. The van der Waals surface area contributed by atoms with Gasteiger partial charge in [-0.2, -0.15) is 10.2 Å². The minimum atomic E-state index is -0.524. The Bertz CT molecular complexity index is 561. The maximum Gasteiger partial charge on any atom is 0.260 e. The number of alkyl halides is 1. The van der Waals surface area contributed by atoms with Crippen molar-refractivity contribution in [1.82, 2.24) is 10.1 Å². The molecular weight excluding hydrogens is 233 g/mol. The normalized spacial score (nSPS) is 10.1. The molecule has 1 heterocycles. The third kappa shape index (κ3) is 1.88. The van der Waals surface area contributed by atoms with Gasteiger partial charge < -0.3 is 4.52 Å². The van der Waals surface area contributed by atoms with Gasteiger partial charge in [-0.1, -0.05) is 5.16 Å². The van der Waals surface area contributed by atoms with Crippen molar-refractivity contribution in [2.45, 2.75) is 5.88 Å². The summed E-state index contributed by atoms with van der Waals surface area (Å²) >= 11 is 5.49. The van der Waals surface area contributed by atoms with Crippen molar-refractivity contribution in [2.75, 3.05) is 0 Å². The van der Waals surface area contributed by atoms with Gasteiger partial charge >= 0.3 is 0 Å². The number of aromatic nitrogens is 2. The first-order valence-corrected chi connectivity index (χ1v) is 4.86. The molecule has 2 rings (SSSR count). The minimum absolute atomic E-state index is 0.0188. The summed E-state index contributed by atoms with van der Waals surface area (Å²) in [6.45, 7) is 0. The highest BCUT2D eigenvalue weighted by atomic mass is 35.5. The quantitative estimate of drug-likeness (QED) is 0.753. The van der Waals surface area contributed by atoms with E-state index in [1.165, 1.54) is 18.2 Å². The molecular formula is C10H5ClFN3O. The van der Waals surface area contributed by atoms with Crippen LogP contribution in [0.4, 0.5) is 4.39 Å². The van der Waals surface area contributed by atoms with Gasteiger partial charge in [-0.05, 0) is 18.2 Å². The van der Waals surface area contributed by atoms with Crippen molar-refractivity contribution < 1.29 is 8.91 Å². The average Bonchev–Trinajstić information content (AvgIpc) is 2.78. The zero-order chi connectivity index (χ0) is 11.5. The summed E-state index contributed by atoms with van der Waals surface area (Å²) in [5, 5.41) is 12.2. The number of benzene rings is 1. The van der Waals surface area contributed by atoms with Crippen LogP contribution >= 0.6 is 11.6 Å². The van der Waals surface area contributed by atoms with E-state index in [1.54, 1.807) is 0 Å². The number of rotatable bonds is 2. The van der Waals surface area contributed by atoms with E-state index in [1.807, 2.05) is 6.07 Å². The second-order valence-corrected chi connectivity index (χ2v) is 3.22. The second-order valence-electron chi connectivity index (χ2n) is 2.96. The molecule has 0 atom stereocenters. The molecule has 0 amide bonds. The molecule has 0 spiro atoms. The topological polar surface area (TPSA) is 62.7 Å². The van der Waals surface area contributed by atoms with Gasteiger partial charge in [0.1, 0.15) is 5.82 Å². The lowest BCUT2D eigenvalue weighted by atomic mass is 10.1. The molecule has 0 aliphatic rings. The van der Waals surface area contributed by atoms with E-state index in [0.29, 0.717) is 5.56 Å². The summed E-state index contributed by atoms with van der Waals surface area (Å²) in [5.74, 6) is -0.143. The van der Waals surface area contributed by atoms with Gasteiger partial charge in [0.25, 0.3) is 5.89 Å². The van der Waals surface area contributed by atoms with Crippen LogP contribution in [0.1, 0.15) is 11.4 Å². The largest absolute Gasteiger partial charge is 0.334 e. The highest BCUT2D eigenvalue weighted by Gasteiger charge is 2.13. The van der Waals surface area contributed by atoms with Crippen molar-refractivity contribution in [3.05, 3.63) is 35.4 Å². The number of hydrogen-bond donors (Lipinski definition) is 0. The van der Waals surface area contributed by atoms with Crippen LogP contribution in [-0.4, -0.2) is 10.1 Å². The van der Waals surface area contributed by atoms with E-state index in [9.17, 15) is 4.39 Å². The molecule has 1 aromatic carbocycles. The Balaban J connectivity index is 2.50. The van der Waals surface area contributed by atoms with Crippen LogP contribution in [0.15, 0.2) is 22.7 Å². The molecule has 0 aliphatic carbocycles. The highest BCUT2D eigenvalue weighted by molar-refractivity contribution is 6.16. The van der Waals surface area contributed by atoms with E-state index in [4.69, 9.17) is 21.4 Å². The second kappa shape index (κ2) is 4.29. The Hall–Kier alpha value is -1.93. The van der Waals surface area contributed by atoms with Crippen LogP contribution in [0.2, 0.25) is 0 Å². The maximum absolute atomic E-state index is 13.4. The zero-order valence-corrected chi connectivity index (χ0v) is 8.70. The van der Waals surface area contributed by atoms with Crippen molar-refractivity contribution in [1.29, 1.82) is 5.26 Å². The predicted molar refractivity (Wildman–Crippen MR) is 54.0 cm³/mol. The zero-order valence-electron chi connectivity index (χ0n) is 7.94. The Kier molecular flexibility index (Phi) is 2.84. The van der Waals surface area contributed by atoms with Gasteiger partial charge in [-0.25, -0.2) is 4.39 Å². The molecule has 0 saturated carbocycles. The smallest absolute Gasteiger partial charge is 0.260 e. The van der Waals surface area contributed by atoms with Crippen molar-refractivity contribution in [3.63, 3.8) is 0 Å². The minimum Gasteiger partial charge on any atom is -0.334 e. The first kappa shape index (κ1) is 10.6. The molecule has 6 heteroatoms. The number of nitrogens with zero attached hydrogens (tertiary/aromatic N) is 3. The Morgan fingerprint density at radius 2 is 2.31 bits per heavy atom. The summed E-state index contributed by atoms with van der Waals surface area (Å²) in [5.41, 5.74) is 0.421. The fraction of sp³-hybridized carbons (Fsp3) is 0.100. The molecule has 0 bridgehead atoms. The van der Waals surface area contributed by atoms with E-state index in [2.05, 4.69) is 10.1 Å². The van der Waals surface area contributed by atoms with Gasteiger partial charge in [0.15, 0.2) is 5.82 Å². The van der Waals surface area contributed by atoms with Gasteiger partial charge in [0, 0.05) is 0 Å². The number of halogens is 2. The lowest BCUT2D eigenvalue weighted by Gasteiger charge is -1.96. The third-order valence-corrected chi connectivity index (χ3v) is 2.15. The molecule has 2 aromatic rings. The molecule has 0 fully saturated rings. The molecule has 0 aliphatic heterocycles. The molecule has 1 aromatic heterocycles. The molecule has 4 nitrogen and oxygen atoms in total. The Labute approximate surface area is 95.3 Å². The number of nitriles is 1. The van der Waals surface area contributed by atoms with E-state index < -0.39 is 5.82 Å². The van der Waals surface area contributed by atoms with Crippen LogP contribution in [0.3, 0.4) is 0 Å². The molecule has 0 radical (unpaired) electrons. The summed E-state index contributed by atoms with van der Waals surface area (Å²) in [6, 6.07) is 5.80. The summed E-state index contributed by atoms with van der Waals surface area (Å²) in [6.07, 6.45) is 0. The SMILES string of the molecule is N#Cc1ccc(F)c(-c2nc(CCl)no2)c1. The Morgan fingerprint density at radius 1 is 1.50 bits per heavy atom. The van der Waals surface area contributed by atoms with Gasteiger partial charge in [-0.3, -0.25) is 0 Å². The van der Waals surface area contributed by atoms with Gasteiger partial charge in [0.2, 0.25) is 0 Å². The lowest BCUT2D eigenvalue weighted by Crippen LogP contribution is -1.87. The molecule has 0 N–H and O–H groups in total. The predicted octanol–water partition coefficient (Wildman–Crippen LogP) is 2.49. The Morgan fingerprint density at radius 3 is 2.94 bits per heavy atom. The van der Waals surface area contributed by atoms with Crippen LogP contribution in [0.25, 0.3) is 11.5 Å². The van der Waals surface area contributed by atoms with E-state index in [0.717, 1.165) is 0 Å². The molecule has 16 heavy (non-hydrogen) atoms. The fourth-order valence-electron chi connectivity index (χ4n) is 1.18. The van der Waals surface area contributed by atoms with Crippen molar-refractivity contribution in [2.24, 2.45) is 0 Å². The van der Waals surface area contributed by atoms with Gasteiger partial charge in [-0.15, -0.1) is 11.6 Å². The van der Waals surface area contributed by atoms with Crippen LogP contribution in [0, 0.1) is 17.1 Å². The average molecular weight is 238 g/mol. The maximum atomic E-state index is 13.4. The first-order valence-electron chi connectivity index (χ1n) is 4.33. The summed E-state index contributed by atoms with van der Waals surface area (Å²) < 4.78 is 18.3. The molecule has 80 valence electrons.